The first-order valence-electron chi connectivity index (χ1n) is 6.50. The molecule has 0 saturated heterocycles. The van der Waals surface area contributed by atoms with Gasteiger partial charge in [-0.15, -0.1) is 24.0 Å². The number of rotatable bonds is 10. The zero-order chi connectivity index (χ0) is 13.9. The molecule has 6 nitrogen and oxygen atoms in total. The number of halogens is 1. The zero-order valence-corrected chi connectivity index (χ0v) is 14.7. The third-order valence-electron chi connectivity index (χ3n) is 2.49. The fraction of sp³-hybridized carbons (Fsp3) is 0.909. The highest BCUT2D eigenvalue weighted by Crippen LogP contribution is 2.04. The van der Waals surface area contributed by atoms with Crippen LogP contribution in [0.3, 0.4) is 0 Å². The van der Waals surface area contributed by atoms with E-state index in [0.29, 0.717) is 6.54 Å². The van der Waals surface area contributed by atoms with Crippen LogP contribution in [0.15, 0.2) is 4.99 Å². The van der Waals surface area contributed by atoms with Gasteiger partial charge in [-0.25, -0.2) is 13.6 Å². The number of aliphatic imine (C=N–C) groups is 1. The molecule has 0 aliphatic heterocycles. The highest BCUT2D eigenvalue weighted by Gasteiger charge is 2.01. The van der Waals surface area contributed by atoms with Crippen LogP contribution in [0.2, 0.25) is 0 Å². The van der Waals surface area contributed by atoms with E-state index in [0.717, 1.165) is 12.8 Å². The Labute approximate surface area is 133 Å². The van der Waals surface area contributed by atoms with Gasteiger partial charge in [0, 0.05) is 13.1 Å². The number of nitrogens with zero attached hydrogens (tertiary/aromatic N) is 1. The summed E-state index contributed by atoms with van der Waals surface area (Å²) in [6, 6.07) is 0. The second kappa shape index (κ2) is 12.9. The molecule has 19 heavy (non-hydrogen) atoms. The Morgan fingerprint density at radius 1 is 1.16 bits per heavy atom. The van der Waals surface area contributed by atoms with Crippen LogP contribution < -0.4 is 16.2 Å². The molecule has 0 amide bonds. The van der Waals surface area contributed by atoms with Gasteiger partial charge in [-0.1, -0.05) is 39.0 Å². The molecule has 0 saturated carbocycles. The summed E-state index contributed by atoms with van der Waals surface area (Å²) in [5, 5.41) is 7.57. The number of nitrogens with two attached hydrogens (primary N) is 2. The van der Waals surface area contributed by atoms with Crippen LogP contribution in [0.5, 0.6) is 0 Å². The maximum atomic E-state index is 10.7. The minimum atomic E-state index is -3.43. The molecule has 0 heterocycles. The lowest BCUT2D eigenvalue weighted by Gasteiger charge is -2.04. The predicted octanol–water partition coefficient (Wildman–Crippen LogP) is 1.16. The fourth-order valence-electron chi connectivity index (χ4n) is 1.47. The average molecular weight is 406 g/mol. The molecule has 0 aliphatic carbocycles. The first-order valence-corrected chi connectivity index (χ1v) is 8.21. The van der Waals surface area contributed by atoms with Gasteiger partial charge in [0.1, 0.15) is 0 Å². The zero-order valence-electron chi connectivity index (χ0n) is 11.6. The minimum absolute atomic E-state index is 0. The van der Waals surface area contributed by atoms with Gasteiger partial charge in [0.05, 0.1) is 5.75 Å². The SMILES string of the molecule is CCCCCCCCN=C(N)NCCS(N)(=O)=O.I. The molecular formula is C11H27IN4O2S. The van der Waals surface area contributed by atoms with Gasteiger partial charge in [0.15, 0.2) is 5.96 Å². The van der Waals surface area contributed by atoms with Crippen LogP contribution in [0.1, 0.15) is 45.4 Å². The first kappa shape index (κ1) is 21.2. The van der Waals surface area contributed by atoms with Gasteiger partial charge < -0.3 is 11.1 Å². The largest absolute Gasteiger partial charge is 0.370 e. The van der Waals surface area contributed by atoms with E-state index >= 15 is 0 Å². The number of unbranched alkanes of at least 4 members (excludes halogenated alkanes) is 5. The lowest BCUT2D eigenvalue weighted by molar-refractivity contribution is 0.596. The first-order chi connectivity index (χ1) is 8.45. The van der Waals surface area contributed by atoms with Crippen molar-refractivity contribution in [1.29, 1.82) is 0 Å². The van der Waals surface area contributed by atoms with Crippen LogP contribution >= 0.6 is 24.0 Å². The van der Waals surface area contributed by atoms with Crippen molar-refractivity contribution in [1.82, 2.24) is 5.32 Å². The van der Waals surface area contributed by atoms with E-state index in [9.17, 15) is 8.42 Å². The molecule has 0 spiro atoms. The molecule has 0 aromatic heterocycles. The Balaban J connectivity index is 0. The van der Waals surface area contributed by atoms with Crippen molar-refractivity contribution in [2.24, 2.45) is 15.9 Å². The van der Waals surface area contributed by atoms with Crippen LogP contribution in [0.4, 0.5) is 0 Å². The quantitative estimate of drug-likeness (QED) is 0.219. The molecule has 116 valence electrons. The fourth-order valence-corrected chi connectivity index (χ4v) is 1.86. The number of sulfonamides is 1. The summed E-state index contributed by atoms with van der Waals surface area (Å²) in [5.41, 5.74) is 5.57. The minimum Gasteiger partial charge on any atom is -0.370 e. The second-order valence-electron chi connectivity index (χ2n) is 4.33. The van der Waals surface area contributed by atoms with E-state index < -0.39 is 10.0 Å². The van der Waals surface area contributed by atoms with E-state index in [2.05, 4.69) is 17.2 Å². The van der Waals surface area contributed by atoms with Crippen molar-refractivity contribution >= 4 is 40.0 Å². The van der Waals surface area contributed by atoms with Crippen LogP contribution in [-0.4, -0.2) is 33.2 Å². The van der Waals surface area contributed by atoms with E-state index in [1.165, 1.54) is 25.7 Å². The summed E-state index contributed by atoms with van der Waals surface area (Å²) in [5.74, 6) is 0.146. The van der Waals surface area contributed by atoms with Crippen molar-refractivity contribution in [3.8, 4) is 0 Å². The molecule has 0 aromatic carbocycles. The van der Waals surface area contributed by atoms with Gasteiger partial charge in [-0.3, -0.25) is 4.99 Å². The number of hydrogen-bond acceptors (Lipinski definition) is 3. The summed E-state index contributed by atoms with van der Waals surface area (Å²) in [4.78, 5) is 4.11. The topological polar surface area (TPSA) is 111 Å². The molecule has 0 atom stereocenters. The summed E-state index contributed by atoms with van der Waals surface area (Å²) in [6.45, 7) is 3.07. The average Bonchev–Trinajstić information content (AvgIpc) is 2.26. The monoisotopic (exact) mass is 406 g/mol. The predicted molar refractivity (Wildman–Crippen MR) is 91.3 cm³/mol. The lowest BCUT2D eigenvalue weighted by atomic mass is 10.1. The number of guanidine groups is 1. The molecule has 8 heteroatoms. The Morgan fingerprint density at radius 3 is 2.32 bits per heavy atom. The van der Waals surface area contributed by atoms with Crippen LogP contribution in [-0.2, 0) is 10.0 Å². The summed E-state index contributed by atoms with van der Waals surface area (Å²) in [7, 11) is -3.43. The molecule has 0 aliphatic rings. The third-order valence-corrected chi connectivity index (χ3v) is 3.26. The van der Waals surface area contributed by atoms with E-state index in [4.69, 9.17) is 10.9 Å². The number of nitrogens with one attached hydrogen (secondary N) is 1. The molecule has 0 bridgehead atoms. The molecule has 0 rings (SSSR count). The van der Waals surface area contributed by atoms with Crippen molar-refractivity contribution in [3.63, 3.8) is 0 Å². The van der Waals surface area contributed by atoms with Crippen molar-refractivity contribution in [3.05, 3.63) is 0 Å². The van der Waals surface area contributed by atoms with Crippen molar-refractivity contribution < 1.29 is 8.42 Å². The second-order valence-corrected chi connectivity index (χ2v) is 6.06. The van der Waals surface area contributed by atoms with Crippen molar-refractivity contribution in [2.75, 3.05) is 18.8 Å². The Morgan fingerprint density at radius 2 is 1.74 bits per heavy atom. The van der Waals surface area contributed by atoms with Crippen LogP contribution in [0.25, 0.3) is 0 Å². The molecule has 0 unspecified atom stereocenters. The number of hydrogen-bond donors (Lipinski definition) is 3. The lowest BCUT2D eigenvalue weighted by Crippen LogP contribution is -2.36. The molecule has 0 fully saturated rings. The maximum Gasteiger partial charge on any atom is 0.210 e. The van der Waals surface area contributed by atoms with Crippen LogP contribution in [0, 0.1) is 0 Å². The summed E-state index contributed by atoms with van der Waals surface area (Å²) >= 11 is 0. The Kier molecular flexibility index (Phi) is 14.4. The maximum absolute atomic E-state index is 10.7. The van der Waals surface area contributed by atoms with E-state index in [1.54, 1.807) is 0 Å². The van der Waals surface area contributed by atoms with E-state index in [-0.39, 0.29) is 42.2 Å². The number of primary sulfonamides is 1. The highest BCUT2D eigenvalue weighted by atomic mass is 127. The molecular weight excluding hydrogens is 379 g/mol. The summed E-state index contributed by atoms with van der Waals surface area (Å²) in [6.07, 6.45) is 7.24. The summed E-state index contributed by atoms with van der Waals surface area (Å²) < 4.78 is 21.3. The normalized spacial score (nSPS) is 12.0. The smallest absolute Gasteiger partial charge is 0.210 e. The highest BCUT2D eigenvalue weighted by molar-refractivity contribution is 14.0. The van der Waals surface area contributed by atoms with Gasteiger partial charge in [-0.2, -0.15) is 0 Å². The van der Waals surface area contributed by atoms with Gasteiger partial charge >= 0.3 is 0 Å². The molecule has 5 N–H and O–H groups in total. The Bertz CT molecular complexity index is 334. The van der Waals surface area contributed by atoms with E-state index in [1.807, 2.05) is 0 Å². The van der Waals surface area contributed by atoms with Gasteiger partial charge in [-0.05, 0) is 6.42 Å². The Hall–Kier alpha value is -0.0900. The molecule has 0 radical (unpaired) electrons. The molecule has 0 aromatic rings. The van der Waals surface area contributed by atoms with Crippen molar-refractivity contribution in [2.45, 2.75) is 45.4 Å². The van der Waals surface area contributed by atoms with Gasteiger partial charge in [0.2, 0.25) is 10.0 Å². The van der Waals surface area contributed by atoms with Gasteiger partial charge in [0.25, 0.3) is 0 Å². The standard InChI is InChI=1S/C11H26N4O2S.HI/c1-2-3-4-5-6-7-8-14-11(12)15-9-10-18(13,16)17;/h2-10H2,1H3,(H3,12,14,15)(H2,13,16,17);1H. The third kappa shape index (κ3) is 17.9.